The minimum Gasteiger partial charge on any atom is -0.347 e. The van der Waals surface area contributed by atoms with Crippen molar-refractivity contribution in [2.75, 3.05) is 11.9 Å². The molecule has 0 saturated heterocycles. The summed E-state index contributed by atoms with van der Waals surface area (Å²) < 4.78 is 2.62. The highest BCUT2D eigenvalue weighted by Crippen LogP contribution is 2.50. The Hall–Kier alpha value is -3.91. The van der Waals surface area contributed by atoms with Crippen LogP contribution < -0.4 is 4.90 Å². The van der Waals surface area contributed by atoms with Crippen molar-refractivity contribution in [3.05, 3.63) is 120 Å². The van der Waals surface area contributed by atoms with Crippen LogP contribution in [0.15, 0.2) is 109 Å². The van der Waals surface area contributed by atoms with E-state index in [1.807, 2.05) is 0 Å². The van der Waals surface area contributed by atoms with Crippen LogP contribution >= 0.6 is 0 Å². The maximum absolute atomic E-state index is 2.62. The average molecular weight is 554 g/mol. The third-order valence-corrected chi connectivity index (χ3v) is 9.75. The topological polar surface area (TPSA) is 6.25 Å². The smallest absolute Gasteiger partial charge is 0.210 e. The number of likely N-dealkylation sites (N-methyl/N-ethyl adjacent to an activating group) is 1. The molecule has 6 rings (SSSR count). The molecule has 0 fully saturated rings. The first-order valence-corrected chi connectivity index (χ1v) is 15.5. The minimum atomic E-state index is -0.111. The molecule has 2 heterocycles. The van der Waals surface area contributed by atoms with E-state index in [0.717, 1.165) is 12.8 Å². The molecule has 4 aromatic carbocycles. The van der Waals surface area contributed by atoms with Crippen LogP contribution in [0.1, 0.15) is 72.4 Å². The Kier molecular flexibility index (Phi) is 6.80. The summed E-state index contributed by atoms with van der Waals surface area (Å²) in [5.74, 6) is 0. The van der Waals surface area contributed by atoms with Crippen molar-refractivity contribution < 1.29 is 4.58 Å². The minimum absolute atomic E-state index is 0.0101. The Morgan fingerprint density at radius 3 is 2.02 bits per heavy atom. The summed E-state index contributed by atoms with van der Waals surface area (Å²) in [4.78, 5) is 2.36. The molecule has 42 heavy (non-hydrogen) atoms. The summed E-state index contributed by atoms with van der Waals surface area (Å²) in [5, 5.41) is 5.32. The molecule has 0 aromatic heterocycles. The average Bonchev–Trinajstić information content (AvgIpc) is 3.31. The molecule has 0 bridgehead atoms. The zero-order valence-corrected chi connectivity index (χ0v) is 26.6. The molecule has 0 saturated carbocycles. The van der Waals surface area contributed by atoms with Crippen molar-refractivity contribution in [2.24, 2.45) is 0 Å². The summed E-state index contributed by atoms with van der Waals surface area (Å²) in [6.45, 7) is 16.6. The van der Waals surface area contributed by atoms with Crippen LogP contribution in [0.5, 0.6) is 0 Å². The van der Waals surface area contributed by atoms with Gasteiger partial charge in [0.1, 0.15) is 0 Å². The Morgan fingerprint density at radius 1 is 0.738 bits per heavy atom. The number of nitrogens with zero attached hydrogens (tertiary/aromatic N) is 2. The maximum Gasteiger partial charge on any atom is 0.210 e. The molecule has 2 nitrogen and oxygen atoms in total. The lowest BCUT2D eigenvalue weighted by Gasteiger charge is -2.24. The van der Waals surface area contributed by atoms with Crippen LogP contribution in [0.2, 0.25) is 0 Å². The zero-order chi connectivity index (χ0) is 29.9. The fourth-order valence-electron chi connectivity index (χ4n) is 7.85. The van der Waals surface area contributed by atoms with Crippen molar-refractivity contribution >= 4 is 38.6 Å². The van der Waals surface area contributed by atoms with E-state index in [9.17, 15) is 0 Å². The normalized spacial score (nSPS) is 18.8. The van der Waals surface area contributed by atoms with Gasteiger partial charge >= 0.3 is 0 Å². The molecule has 0 amide bonds. The Morgan fingerprint density at radius 2 is 1.36 bits per heavy atom. The molecule has 0 radical (unpaired) electrons. The van der Waals surface area contributed by atoms with Gasteiger partial charge in [0, 0.05) is 61.8 Å². The molecular formula is C40H45N2+. The Labute approximate surface area is 252 Å². The standard InChI is InChI=1S/C40H45N2/c1-9-27-38(2,3)42-33-26-24-29-18-14-16-20-31(29)37(33)40(6,7)35(42)22-12-10-11-21-34-39(4,5)36-30-19-15-13-17-28(30)23-25-32(36)41(34)8/h10-26H,9,27H2,1-8H3/q+1. The second kappa shape index (κ2) is 10.1. The van der Waals surface area contributed by atoms with Crippen LogP contribution in [-0.2, 0) is 10.8 Å². The summed E-state index contributed by atoms with van der Waals surface area (Å²) in [6.07, 6.45) is 13.6. The molecule has 214 valence electrons. The van der Waals surface area contributed by atoms with Crippen LogP contribution in [0.4, 0.5) is 11.4 Å². The first-order valence-electron chi connectivity index (χ1n) is 15.5. The summed E-state index contributed by atoms with van der Waals surface area (Å²) >= 11 is 0. The zero-order valence-electron chi connectivity index (χ0n) is 26.6. The van der Waals surface area contributed by atoms with Gasteiger partial charge in [0.25, 0.3) is 0 Å². The maximum atomic E-state index is 2.62. The number of rotatable bonds is 6. The van der Waals surface area contributed by atoms with Gasteiger partial charge in [-0.2, -0.15) is 4.58 Å². The van der Waals surface area contributed by atoms with Crippen LogP contribution in [-0.4, -0.2) is 22.9 Å². The van der Waals surface area contributed by atoms with Gasteiger partial charge in [0.05, 0.1) is 5.41 Å². The molecule has 2 aliphatic rings. The number of allylic oxidation sites excluding steroid dienone is 6. The number of benzene rings is 4. The third kappa shape index (κ3) is 4.26. The Bertz CT molecular complexity index is 1820. The van der Waals surface area contributed by atoms with Gasteiger partial charge in [-0.25, -0.2) is 0 Å². The van der Waals surface area contributed by atoms with E-state index in [2.05, 4.69) is 168 Å². The van der Waals surface area contributed by atoms with E-state index in [4.69, 9.17) is 0 Å². The van der Waals surface area contributed by atoms with Crippen LogP contribution in [0.25, 0.3) is 21.5 Å². The fraction of sp³-hybridized carbons (Fsp3) is 0.325. The lowest BCUT2D eigenvalue weighted by molar-refractivity contribution is -0.524. The molecule has 0 atom stereocenters. The monoisotopic (exact) mass is 553 g/mol. The largest absolute Gasteiger partial charge is 0.347 e. The molecule has 2 aliphatic heterocycles. The quantitative estimate of drug-likeness (QED) is 0.170. The first kappa shape index (κ1) is 28.2. The summed E-state index contributed by atoms with van der Waals surface area (Å²) in [6, 6.07) is 26.8. The second-order valence-corrected chi connectivity index (χ2v) is 13.7. The molecule has 0 spiro atoms. The van der Waals surface area contributed by atoms with E-state index < -0.39 is 0 Å². The lowest BCUT2D eigenvalue weighted by Crippen LogP contribution is -2.38. The number of hydrogen-bond donors (Lipinski definition) is 0. The highest BCUT2D eigenvalue weighted by atomic mass is 15.2. The highest BCUT2D eigenvalue weighted by Gasteiger charge is 2.50. The van der Waals surface area contributed by atoms with Crippen molar-refractivity contribution in [1.82, 2.24) is 0 Å². The molecule has 0 N–H and O–H groups in total. The Balaban J connectivity index is 1.38. The van der Waals surface area contributed by atoms with Crippen molar-refractivity contribution in [1.29, 1.82) is 0 Å². The second-order valence-electron chi connectivity index (χ2n) is 13.7. The molecule has 2 heteroatoms. The number of fused-ring (bicyclic) bond motifs is 6. The number of anilines is 1. The van der Waals surface area contributed by atoms with Gasteiger partial charge in [-0.15, -0.1) is 0 Å². The van der Waals surface area contributed by atoms with Gasteiger partial charge < -0.3 is 4.90 Å². The van der Waals surface area contributed by atoms with Crippen molar-refractivity contribution in [2.45, 2.75) is 77.7 Å². The van der Waals surface area contributed by atoms with Crippen molar-refractivity contribution in [3.63, 3.8) is 0 Å². The summed E-state index contributed by atoms with van der Waals surface area (Å²) in [7, 11) is 2.20. The van der Waals surface area contributed by atoms with Crippen LogP contribution in [0, 0.1) is 0 Å². The third-order valence-electron chi connectivity index (χ3n) is 9.75. The predicted molar refractivity (Wildman–Crippen MR) is 183 cm³/mol. The van der Waals surface area contributed by atoms with Gasteiger partial charge in [0.15, 0.2) is 11.3 Å². The molecule has 0 unspecified atom stereocenters. The number of hydrogen-bond acceptors (Lipinski definition) is 1. The van der Waals surface area contributed by atoms with Gasteiger partial charge in [-0.1, -0.05) is 93.6 Å². The molecular weight excluding hydrogens is 508 g/mol. The highest BCUT2D eigenvalue weighted by molar-refractivity contribution is 6.07. The van der Waals surface area contributed by atoms with Crippen LogP contribution in [0.3, 0.4) is 0 Å². The lowest BCUT2D eigenvalue weighted by atomic mass is 9.79. The fourth-order valence-corrected chi connectivity index (χ4v) is 7.85. The molecule has 4 aromatic rings. The van der Waals surface area contributed by atoms with E-state index in [-0.39, 0.29) is 16.4 Å². The van der Waals surface area contributed by atoms with Gasteiger partial charge in [0.2, 0.25) is 5.69 Å². The van der Waals surface area contributed by atoms with E-state index >= 15 is 0 Å². The molecule has 0 aliphatic carbocycles. The van der Waals surface area contributed by atoms with E-state index in [1.54, 1.807) is 0 Å². The summed E-state index contributed by atoms with van der Waals surface area (Å²) in [5.41, 5.74) is 8.01. The van der Waals surface area contributed by atoms with Gasteiger partial charge in [-0.3, -0.25) is 0 Å². The van der Waals surface area contributed by atoms with Gasteiger partial charge in [-0.05, 0) is 65.6 Å². The SMILES string of the molecule is CCCC(C)(C)[N+]1=C(/C=C/C=C/C=C2/N(C)c3ccc4ccccc4c3C2(C)C)C(C)(C)c2c1ccc1ccccc21. The van der Waals surface area contributed by atoms with Crippen molar-refractivity contribution in [3.8, 4) is 0 Å². The van der Waals surface area contributed by atoms with E-state index in [1.165, 1.54) is 55.5 Å². The predicted octanol–water partition coefficient (Wildman–Crippen LogP) is 10.4. The first-order chi connectivity index (χ1) is 20.0. The van der Waals surface area contributed by atoms with E-state index in [0.29, 0.717) is 0 Å².